The molecular formula is C24H26N2O5. The first kappa shape index (κ1) is 22.2. The molecule has 1 atom stereocenters. The number of nitrogens with zero attached hydrogens (tertiary/aromatic N) is 1. The Hall–Kier alpha value is -3.50. The van der Waals surface area contributed by atoms with Gasteiger partial charge in [-0.25, -0.2) is 0 Å². The van der Waals surface area contributed by atoms with Crippen molar-refractivity contribution in [3.8, 4) is 23.3 Å². The van der Waals surface area contributed by atoms with Gasteiger partial charge in [0.2, 0.25) is 0 Å². The number of para-hydroxylation sites is 2. The lowest BCUT2D eigenvalue weighted by Gasteiger charge is -2.11. The van der Waals surface area contributed by atoms with E-state index in [1.165, 1.54) is 0 Å². The first-order valence-electron chi connectivity index (χ1n) is 10.2. The van der Waals surface area contributed by atoms with Gasteiger partial charge in [0.05, 0.1) is 13.2 Å². The summed E-state index contributed by atoms with van der Waals surface area (Å²) in [7, 11) is 1.60. The van der Waals surface area contributed by atoms with E-state index in [2.05, 4.69) is 5.32 Å². The fourth-order valence-corrected chi connectivity index (χ4v) is 3.13. The Balaban J connectivity index is 1.47. The van der Waals surface area contributed by atoms with E-state index in [1.54, 1.807) is 37.5 Å². The van der Waals surface area contributed by atoms with Crippen LogP contribution in [0.5, 0.6) is 17.2 Å². The SMILES string of the molecule is COc1ccccc1OCCOc1ccc(/C=C(\C#N)C(=O)NC[C@H]2CCCO2)cc1. The molecule has 2 aromatic rings. The molecule has 1 heterocycles. The van der Waals surface area contributed by atoms with Crippen molar-refractivity contribution in [3.05, 3.63) is 59.7 Å². The number of rotatable bonds is 10. The van der Waals surface area contributed by atoms with E-state index in [0.29, 0.717) is 37.0 Å². The molecule has 1 amide bonds. The van der Waals surface area contributed by atoms with E-state index in [1.807, 2.05) is 30.3 Å². The third-order valence-corrected chi connectivity index (χ3v) is 4.75. The zero-order valence-corrected chi connectivity index (χ0v) is 17.5. The zero-order chi connectivity index (χ0) is 21.9. The third kappa shape index (κ3) is 6.76. The molecule has 1 aliphatic heterocycles. The second-order valence-corrected chi connectivity index (χ2v) is 6.93. The van der Waals surface area contributed by atoms with Crippen molar-refractivity contribution in [3.63, 3.8) is 0 Å². The Bertz CT molecular complexity index is 928. The summed E-state index contributed by atoms with van der Waals surface area (Å²) in [5.41, 5.74) is 0.790. The van der Waals surface area contributed by atoms with E-state index < -0.39 is 5.91 Å². The minimum Gasteiger partial charge on any atom is -0.493 e. The first-order valence-corrected chi connectivity index (χ1v) is 10.2. The number of nitriles is 1. The molecule has 7 heteroatoms. The van der Waals surface area contributed by atoms with Crippen LogP contribution in [-0.4, -0.2) is 45.5 Å². The van der Waals surface area contributed by atoms with Gasteiger partial charge in [-0.1, -0.05) is 24.3 Å². The van der Waals surface area contributed by atoms with Crippen molar-refractivity contribution in [2.75, 3.05) is 33.5 Å². The van der Waals surface area contributed by atoms with Crippen LogP contribution in [0.2, 0.25) is 0 Å². The normalized spacial score (nSPS) is 15.7. The number of hydrogen-bond donors (Lipinski definition) is 1. The lowest BCUT2D eigenvalue weighted by Crippen LogP contribution is -2.32. The van der Waals surface area contributed by atoms with Gasteiger partial charge in [0, 0.05) is 13.2 Å². The highest BCUT2D eigenvalue weighted by Crippen LogP contribution is 2.25. The fourth-order valence-electron chi connectivity index (χ4n) is 3.13. The van der Waals surface area contributed by atoms with Crippen molar-refractivity contribution < 1.29 is 23.7 Å². The number of ether oxygens (including phenoxy) is 4. The summed E-state index contributed by atoms with van der Waals surface area (Å²) in [4.78, 5) is 12.2. The number of amides is 1. The summed E-state index contributed by atoms with van der Waals surface area (Å²) in [6.07, 6.45) is 3.52. The number of benzene rings is 2. The molecule has 3 rings (SSSR count). The van der Waals surface area contributed by atoms with Gasteiger partial charge < -0.3 is 24.3 Å². The molecule has 0 bridgehead atoms. The van der Waals surface area contributed by atoms with Crippen LogP contribution in [0.25, 0.3) is 6.08 Å². The molecule has 0 radical (unpaired) electrons. The Morgan fingerprint density at radius 2 is 1.90 bits per heavy atom. The minimum atomic E-state index is -0.396. The van der Waals surface area contributed by atoms with Crippen LogP contribution >= 0.6 is 0 Å². The minimum absolute atomic E-state index is 0.0345. The second kappa shape index (κ2) is 11.6. The maximum absolute atomic E-state index is 12.2. The van der Waals surface area contributed by atoms with Gasteiger partial charge in [-0.15, -0.1) is 0 Å². The van der Waals surface area contributed by atoms with Crippen molar-refractivity contribution in [2.24, 2.45) is 0 Å². The summed E-state index contributed by atoms with van der Waals surface area (Å²) in [5, 5.41) is 12.1. The molecular weight excluding hydrogens is 396 g/mol. The first-order chi connectivity index (χ1) is 15.2. The average Bonchev–Trinajstić information content (AvgIpc) is 3.33. The smallest absolute Gasteiger partial charge is 0.262 e. The maximum Gasteiger partial charge on any atom is 0.262 e. The Labute approximate surface area is 182 Å². The van der Waals surface area contributed by atoms with Crippen molar-refractivity contribution in [1.82, 2.24) is 5.32 Å². The fraction of sp³-hybridized carbons (Fsp3) is 0.333. The molecule has 0 unspecified atom stereocenters. The van der Waals surface area contributed by atoms with Crippen LogP contribution in [0.1, 0.15) is 18.4 Å². The molecule has 1 saturated heterocycles. The van der Waals surface area contributed by atoms with E-state index in [-0.39, 0.29) is 11.7 Å². The summed E-state index contributed by atoms with van der Waals surface area (Å²) in [6, 6.07) is 16.5. The molecule has 0 aliphatic carbocycles. The molecule has 1 fully saturated rings. The predicted octanol–water partition coefficient (Wildman–Crippen LogP) is 3.36. The predicted molar refractivity (Wildman–Crippen MR) is 116 cm³/mol. The molecule has 2 aromatic carbocycles. The molecule has 7 nitrogen and oxygen atoms in total. The van der Waals surface area contributed by atoms with Crippen LogP contribution in [0.3, 0.4) is 0 Å². The largest absolute Gasteiger partial charge is 0.493 e. The van der Waals surface area contributed by atoms with Crippen LogP contribution in [0, 0.1) is 11.3 Å². The highest BCUT2D eigenvalue weighted by molar-refractivity contribution is 6.01. The van der Waals surface area contributed by atoms with Crippen molar-refractivity contribution in [2.45, 2.75) is 18.9 Å². The van der Waals surface area contributed by atoms with Crippen LogP contribution in [0.15, 0.2) is 54.1 Å². The van der Waals surface area contributed by atoms with Crippen LogP contribution < -0.4 is 19.5 Å². The molecule has 0 aromatic heterocycles. The molecule has 162 valence electrons. The van der Waals surface area contributed by atoms with Gasteiger partial charge in [0.1, 0.15) is 30.6 Å². The van der Waals surface area contributed by atoms with Gasteiger partial charge >= 0.3 is 0 Å². The van der Waals surface area contributed by atoms with E-state index in [0.717, 1.165) is 25.0 Å². The zero-order valence-electron chi connectivity index (χ0n) is 17.5. The Kier molecular flexibility index (Phi) is 8.32. The van der Waals surface area contributed by atoms with Crippen LogP contribution in [-0.2, 0) is 9.53 Å². The number of nitrogens with one attached hydrogen (secondary N) is 1. The van der Waals surface area contributed by atoms with E-state index in [9.17, 15) is 10.1 Å². The van der Waals surface area contributed by atoms with Gasteiger partial charge in [-0.2, -0.15) is 5.26 Å². The maximum atomic E-state index is 12.2. The lowest BCUT2D eigenvalue weighted by atomic mass is 10.1. The monoisotopic (exact) mass is 422 g/mol. The van der Waals surface area contributed by atoms with Crippen LogP contribution in [0.4, 0.5) is 0 Å². The van der Waals surface area contributed by atoms with E-state index >= 15 is 0 Å². The molecule has 0 saturated carbocycles. The highest BCUT2D eigenvalue weighted by atomic mass is 16.5. The molecule has 1 aliphatic rings. The quantitative estimate of drug-likeness (QED) is 0.359. The standard InChI is InChI=1S/C24H26N2O5/c1-28-22-6-2-3-7-23(22)31-14-13-30-20-10-8-18(9-11-20)15-19(16-25)24(27)26-17-21-5-4-12-29-21/h2-3,6-11,15,21H,4-5,12-14,17H2,1H3,(H,26,27)/b19-15+/t21-/m1/s1. The number of carbonyl (C=O) groups excluding carboxylic acids is 1. The van der Waals surface area contributed by atoms with Gasteiger partial charge in [0.15, 0.2) is 11.5 Å². The van der Waals surface area contributed by atoms with Gasteiger partial charge in [-0.3, -0.25) is 4.79 Å². The summed E-state index contributed by atoms with van der Waals surface area (Å²) in [5.74, 6) is 1.61. The molecule has 1 N–H and O–H groups in total. The summed E-state index contributed by atoms with van der Waals surface area (Å²) >= 11 is 0. The van der Waals surface area contributed by atoms with Gasteiger partial charge in [-0.05, 0) is 48.7 Å². The van der Waals surface area contributed by atoms with Crippen molar-refractivity contribution >= 4 is 12.0 Å². The number of carbonyl (C=O) groups is 1. The lowest BCUT2D eigenvalue weighted by molar-refractivity contribution is -0.117. The Morgan fingerprint density at radius 1 is 1.16 bits per heavy atom. The van der Waals surface area contributed by atoms with Gasteiger partial charge in [0.25, 0.3) is 5.91 Å². The summed E-state index contributed by atoms with van der Waals surface area (Å²) in [6.45, 7) is 1.87. The molecule has 31 heavy (non-hydrogen) atoms. The number of hydrogen-bond acceptors (Lipinski definition) is 6. The highest BCUT2D eigenvalue weighted by Gasteiger charge is 2.17. The van der Waals surface area contributed by atoms with E-state index in [4.69, 9.17) is 18.9 Å². The third-order valence-electron chi connectivity index (χ3n) is 4.75. The Morgan fingerprint density at radius 3 is 2.58 bits per heavy atom. The summed E-state index contributed by atoms with van der Waals surface area (Å²) < 4.78 is 22.1. The second-order valence-electron chi connectivity index (χ2n) is 6.93. The van der Waals surface area contributed by atoms with Crippen molar-refractivity contribution in [1.29, 1.82) is 5.26 Å². The molecule has 0 spiro atoms. The number of methoxy groups -OCH3 is 1. The topological polar surface area (TPSA) is 89.8 Å². The average molecular weight is 422 g/mol.